The molecule has 0 spiro atoms. The lowest BCUT2D eigenvalue weighted by atomic mass is 9.83. The fourth-order valence-electron chi connectivity index (χ4n) is 4.77. The number of esters is 2. The van der Waals surface area contributed by atoms with Crippen LogP contribution >= 0.6 is 0 Å². The van der Waals surface area contributed by atoms with Crippen LogP contribution in [0.4, 0.5) is 0 Å². The number of hydrogen-bond donors (Lipinski definition) is 5. The van der Waals surface area contributed by atoms with Crippen LogP contribution in [0, 0.1) is 0 Å². The zero-order valence-corrected chi connectivity index (χ0v) is 29.5. The number of ether oxygens (including phenoxy) is 2. The molecule has 2 aromatic carbocycles. The van der Waals surface area contributed by atoms with Crippen LogP contribution in [-0.2, 0) is 38.2 Å². The predicted molar refractivity (Wildman–Crippen MR) is 179 cm³/mol. The summed E-state index contributed by atoms with van der Waals surface area (Å²) < 4.78 is 10.0. The summed E-state index contributed by atoms with van der Waals surface area (Å²) in [6.45, 7) is 8.34. The molecule has 0 radical (unpaired) electrons. The summed E-state index contributed by atoms with van der Waals surface area (Å²) in [6.07, 6.45) is 0. The third kappa shape index (κ3) is 9.40. The highest BCUT2D eigenvalue weighted by molar-refractivity contribution is 6.28. The van der Waals surface area contributed by atoms with Gasteiger partial charge in [0.15, 0.2) is 17.6 Å². The second-order valence-corrected chi connectivity index (χ2v) is 13.4. The number of rotatable bonds is 13. The summed E-state index contributed by atoms with van der Waals surface area (Å²) in [5.74, 6) is -6.27. The molecule has 0 saturated heterocycles. The minimum atomic E-state index is -1.70. The molecular weight excluding hydrogens is 666 g/mol. The van der Waals surface area contributed by atoms with E-state index in [9.17, 15) is 43.2 Å². The van der Waals surface area contributed by atoms with Crippen LogP contribution in [0.25, 0.3) is 0 Å². The Kier molecular flexibility index (Phi) is 11.9. The van der Waals surface area contributed by atoms with Gasteiger partial charge >= 0.3 is 11.9 Å². The van der Waals surface area contributed by atoms with Crippen molar-refractivity contribution in [2.24, 2.45) is 0 Å². The summed E-state index contributed by atoms with van der Waals surface area (Å²) in [5.41, 5.74) is -4.32. The molecule has 51 heavy (non-hydrogen) atoms. The standard InChI is InChI=1S/C35H41N5O11/c1-18(41)36-16-25(42)38-34(4,5)31(48)40-35(6,7)32(49)39-33(2,3)30(47)37-24(29(46)50-8)17-51-28(45)19-13-14-22-23(15-19)27(44)21-12-10-9-11-20(21)26(22)43/h9-15,24H,16-17H2,1-8H3,(H,36,41)(H,37,47)(H,38,42)(H,39,49)(H,40,48)/t24-/m0/s1. The first-order valence-corrected chi connectivity index (χ1v) is 15.7. The zero-order valence-electron chi connectivity index (χ0n) is 29.5. The van der Waals surface area contributed by atoms with E-state index >= 15 is 0 Å². The van der Waals surface area contributed by atoms with E-state index in [-0.39, 0.29) is 40.1 Å². The topological polar surface area (TPSA) is 232 Å². The molecule has 5 amide bonds. The fourth-order valence-corrected chi connectivity index (χ4v) is 4.77. The first kappa shape index (κ1) is 39.5. The summed E-state index contributed by atoms with van der Waals surface area (Å²) >= 11 is 0. The number of carbonyl (C=O) groups is 9. The normalized spacial score (nSPS) is 13.0. The van der Waals surface area contributed by atoms with Crippen molar-refractivity contribution in [2.75, 3.05) is 20.3 Å². The number of ketones is 2. The smallest absolute Gasteiger partial charge is 0.338 e. The molecule has 0 fully saturated rings. The molecule has 0 saturated carbocycles. The summed E-state index contributed by atoms with van der Waals surface area (Å²) in [6, 6.07) is 8.63. The average Bonchev–Trinajstić information content (AvgIpc) is 3.06. The third-order valence-electron chi connectivity index (χ3n) is 7.84. The predicted octanol–water partition coefficient (Wildman–Crippen LogP) is 0.0971. The van der Waals surface area contributed by atoms with Gasteiger partial charge in [-0.15, -0.1) is 0 Å². The summed E-state index contributed by atoms with van der Waals surface area (Å²) in [4.78, 5) is 114. The third-order valence-corrected chi connectivity index (χ3v) is 7.84. The van der Waals surface area contributed by atoms with Crippen LogP contribution in [0.2, 0.25) is 0 Å². The van der Waals surface area contributed by atoms with Crippen molar-refractivity contribution < 1.29 is 52.6 Å². The number of carbonyl (C=O) groups excluding carboxylic acids is 9. The molecule has 0 heterocycles. The molecule has 0 aliphatic heterocycles. The Morgan fingerprint density at radius 3 is 1.71 bits per heavy atom. The molecule has 3 rings (SSSR count). The molecule has 1 atom stereocenters. The molecular formula is C35H41N5O11. The highest BCUT2D eigenvalue weighted by Gasteiger charge is 2.41. The molecule has 1 aliphatic rings. The van der Waals surface area contributed by atoms with Gasteiger partial charge in [-0.25, -0.2) is 9.59 Å². The van der Waals surface area contributed by atoms with Crippen LogP contribution in [0.1, 0.15) is 90.7 Å². The van der Waals surface area contributed by atoms with E-state index in [1.165, 1.54) is 78.8 Å². The second kappa shape index (κ2) is 15.3. The maximum absolute atomic E-state index is 13.3. The zero-order chi connectivity index (χ0) is 38.5. The molecule has 0 unspecified atom stereocenters. The summed E-state index contributed by atoms with van der Waals surface area (Å²) in [5, 5.41) is 12.2. The Morgan fingerprint density at radius 1 is 0.686 bits per heavy atom. The number of benzene rings is 2. The number of amides is 5. The second-order valence-electron chi connectivity index (χ2n) is 13.4. The van der Waals surface area contributed by atoms with Gasteiger partial charge in [-0.1, -0.05) is 24.3 Å². The van der Waals surface area contributed by atoms with Gasteiger partial charge in [0.05, 0.1) is 19.2 Å². The van der Waals surface area contributed by atoms with E-state index in [0.717, 1.165) is 7.11 Å². The molecule has 16 nitrogen and oxygen atoms in total. The maximum atomic E-state index is 13.3. The minimum absolute atomic E-state index is 0.0119. The van der Waals surface area contributed by atoms with Gasteiger partial charge in [-0.05, 0) is 59.7 Å². The fraction of sp³-hybridized carbons (Fsp3) is 0.400. The van der Waals surface area contributed by atoms with Crippen molar-refractivity contribution in [2.45, 2.75) is 71.1 Å². The van der Waals surface area contributed by atoms with Gasteiger partial charge in [0.25, 0.3) is 0 Å². The minimum Gasteiger partial charge on any atom is -0.467 e. The van der Waals surface area contributed by atoms with Crippen molar-refractivity contribution in [1.29, 1.82) is 0 Å². The largest absolute Gasteiger partial charge is 0.467 e. The van der Waals surface area contributed by atoms with Crippen molar-refractivity contribution in [1.82, 2.24) is 26.6 Å². The lowest BCUT2D eigenvalue weighted by Crippen LogP contribution is -2.67. The van der Waals surface area contributed by atoms with E-state index in [2.05, 4.69) is 26.6 Å². The van der Waals surface area contributed by atoms with Gasteiger partial charge < -0.3 is 36.1 Å². The monoisotopic (exact) mass is 707 g/mol. The number of hydrogen-bond acceptors (Lipinski definition) is 11. The molecule has 272 valence electrons. The quantitative estimate of drug-likeness (QED) is 0.150. The van der Waals surface area contributed by atoms with Crippen molar-refractivity contribution in [3.8, 4) is 0 Å². The van der Waals surface area contributed by atoms with E-state index in [0.29, 0.717) is 0 Å². The van der Waals surface area contributed by atoms with Crippen molar-refractivity contribution >= 4 is 53.0 Å². The highest BCUT2D eigenvalue weighted by Crippen LogP contribution is 2.28. The number of methoxy groups -OCH3 is 1. The van der Waals surface area contributed by atoms with Crippen LogP contribution in [-0.4, -0.2) is 96.0 Å². The van der Waals surface area contributed by atoms with E-state index in [1.807, 2.05) is 0 Å². The Hall–Kier alpha value is -5.93. The van der Waals surface area contributed by atoms with Gasteiger partial charge in [0, 0.05) is 29.2 Å². The first-order chi connectivity index (χ1) is 23.6. The lowest BCUT2D eigenvalue weighted by molar-refractivity contribution is -0.147. The molecule has 0 aromatic heterocycles. The highest BCUT2D eigenvalue weighted by atomic mass is 16.5. The van der Waals surface area contributed by atoms with Crippen LogP contribution in [0.15, 0.2) is 42.5 Å². The van der Waals surface area contributed by atoms with Crippen molar-refractivity contribution in [3.05, 3.63) is 70.3 Å². The number of fused-ring (bicyclic) bond motifs is 2. The Morgan fingerprint density at radius 2 is 1.18 bits per heavy atom. The maximum Gasteiger partial charge on any atom is 0.338 e. The van der Waals surface area contributed by atoms with Gasteiger partial charge in [-0.3, -0.25) is 33.6 Å². The van der Waals surface area contributed by atoms with Crippen LogP contribution in [0.5, 0.6) is 0 Å². The SMILES string of the molecule is COC(=O)[C@H](COC(=O)c1ccc2c(c1)C(=O)c1ccccc1C2=O)NC(=O)C(C)(C)NC(=O)C(C)(C)NC(=O)C(C)(C)NC(=O)CNC(C)=O. The molecule has 5 N–H and O–H groups in total. The molecule has 1 aliphatic carbocycles. The Labute approximate surface area is 293 Å². The van der Waals surface area contributed by atoms with Gasteiger partial charge in [0.1, 0.15) is 23.2 Å². The Bertz CT molecular complexity index is 1810. The van der Waals surface area contributed by atoms with Crippen LogP contribution < -0.4 is 26.6 Å². The molecule has 0 bridgehead atoms. The van der Waals surface area contributed by atoms with Gasteiger partial charge in [-0.2, -0.15) is 0 Å². The van der Waals surface area contributed by atoms with E-state index in [1.54, 1.807) is 12.1 Å². The number of nitrogens with one attached hydrogen (secondary N) is 5. The lowest BCUT2D eigenvalue weighted by Gasteiger charge is -2.35. The molecule has 2 aromatic rings. The van der Waals surface area contributed by atoms with E-state index in [4.69, 9.17) is 9.47 Å². The Balaban J connectivity index is 1.65. The van der Waals surface area contributed by atoms with E-state index < -0.39 is 76.5 Å². The molecule has 16 heteroatoms. The first-order valence-electron chi connectivity index (χ1n) is 15.7. The van der Waals surface area contributed by atoms with Crippen molar-refractivity contribution in [3.63, 3.8) is 0 Å². The summed E-state index contributed by atoms with van der Waals surface area (Å²) in [7, 11) is 1.05. The average molecular weight is 708 g/mol. The van der Waals surface area contributed by atoms with Crippen LogP contribution in [0.3, 0.4) is 0 Å². The van der Waals surface area contributed by atoms with Gasteiger partial charge in [0.2, 0.25) is 29.5 Å².